The van der Waals surface area contributed by atoms with Crippen molar-refractivity contribution in [3.8, 4) is 0 Å². The van der Waals surface area contributed by atoms with Crippen molar-refractivity contribution in [3.05, 3.63) is 81.8 Å². The Balaban J connectivity index is 1.82. The Morgan fingerprint density at radius 3 is 2.47 bits per heavy atom. The van der Waals surface area contributed by atoms with E-state index < -0.39 is 6.04 Å². The summed E-state index contributed by atoms with van der Waals surface area (Å²) in [6, 6.07) is 19.1. The van der Waals surface area contributed by atoms with E-state index >= 15 is 0 Å². The molecule has 0 heterocycles. The zero-order valence-corrected chi connectivity index (χ0v) is 21.3. The lowest BCUT2D eigenvalue weighted by Crippen LogP contribution is -2.49. The Hall–Kier alpha value is -2.56. The van der Waals surface area contributed by atoms with Gasteiger partial charge < -0.3 is 10.2 Å². The molecule has 0 aliphatic rings. The van der Waals surface area contributed by atoms with Crippen LogP contribution in [0.3, 0.4) is 0 Å². The number of nitrogens with zero attached hydrogens (tertiary/aromatic N) is 1. The van der Waals surface area contributed by atoms with Crippen LogP contribution in [0.1, 0.15) is 50.7 Å². The molecule has 0 aliphatic carbocycles. The third-order valence-electron chi connectivity index (χ3n) is 6.04. The van der Waals surface area contributed by atoms with Gasteiger partial charge in [0.15, 0.2) is 0 Å². The number of benzene rings is 3. The molecule has 0 bridgehead atoms. The average Bonchev–Trinajstić information content (AvgIpc) is 2.84. The summed E-state index contributed by atoms with van der Waals surface area (Å²) in [7, 11) is 0. The van der Waals surface area contributed by atoms with Gasteiger partial charge in [-0.3, -0.25) is 9.59 Å². The second kappa shape index (κ2) is 12.8. The average molecular weight is 499 g/mol. The summed E-state index contributed by atoms with van der Waals surface area (Å²) in [5, 5.41) is 6.19. The van der Waals surface area contributed by atoms with Crippen LogP contribution >= 0.6 is 23.2 Å². The van der Waals surface area contributed by atoms with Gasteiger partial charge in [0, 0.05) is 19.5 Å². The third-order valence-corrected chi connectivity index (χ3v) is 6.78. The first kappa shape index (κ1) is 26.1. The van der Waals surface area contributed by atoms with Crippen LogP contribution in [-0.2, 0) is 22.6 Å². The molecule has 1 atom stereocenters. The fraction of sp³-hybridized carbons (Fsp3) is 0.357. The molecule has 3 aromatic carbocycles. The van der Waals surface area contributed by atoms with Crippen molar-refractivity contribution in [2.24, 2.45) is 0 Å². The number of amides is 2. The number of carbonyl (C=O) groups excluding carboxylic acids is 2. The highest BCUT2D eigenvalue weighted by molar-refractivity contribution is 6.42. The molecule has 0 saturated heterocycles. The standard InChI is InChI=1S/C28H32Cl2N2O2/c1-3-5-17-31-28(34)26(4-2)32(19-20-13-15-24(29)25(30)18-20)27(33)16-14-22-11-8-10-21-9-6-7-12-23(21)22/h6-13,15,18,26H,3-5,14,16-17,19H2,1-2H3,(H,31,34)/t26-/m1/s1. The van der Waals surface area contributed by atoms with E-state index in [4.69, 9.17) is 23.2 Å². The van der Waals surface area contributed by atoms with Crippen molar-refractivity contribution in [3.63, 3.8) is 0 Å². The number of unbranched alkanes of at least 4 members (excludes halogenated alkanes) is 1. The van der Waals surface area contributed by atoms with Crippen LogP contribution in [0.5, 0.6) is 0 Å². The predicted octanol–water partition coefficient (Wildman–Crippen LogP) is 6.80. The molecule has 180 valence electrons. The zero-order valence-electron chi connectivity index (χ0n) is 19.8. The molecule has 0 saturated carbocycles. The van der Waals surface area contributed by atoms with Crippen molar-refractivity contribution in [2.75, 3.05) is 6.54 Å². The molecular weight excluding hydrogens is 467 g/mol. The molecule has 34 heavy (non-hydrogen) atoms. The van der Waals surface area contributed by atoms with Crippen LogP contribution in [0.25, 0.3) is 10.8 Å². The van der Waals surface area contributed by atoms with Gasteiger partial charge in [-0.2, -0.15) is 0 Å². The fourth-order valence-corrected chi connectivity index (χ4v) is 4.48. The quantitative estimate of drug-likeness (QED) is 0.295. The van der Waals surface area contributed by atoms with Gasteiger partial charge in [-0.1, -0.05) is 92.0 Å². The first-order chi connectivity index (χ1) is 16.4. The molecular formula is C28H32Cl2N2O2. The predicted molar refractivity (Wildman–Crippen MR) is 141 cm³/mol. The largest absolute Gasteiger partial charge is 0.354 e. The smallest absolute Gasteiger partial charge is 0.242 e. The summed E-state index contributed by atoms with van der Waals surface area (Å²) in [5.41, 5.74) is 1.97. The lowest BCUT2D eigenvalue weighted by atomic mass is 10.00. The molecule has 3 aromatic rings. The van der Waals surface area contributed by atoms with Crippen molar-refractivity contribution < 1.29 is 9.59 Å². The molecule has 3 rings (SSSR count). The number of rotatable bonds is 11. The van der Waals surface area contributed by atoms with Crippen LogP contribution in [0.15, 0.2) is 60.7 Å². The SMILES string of the molecule is CCCCNC(=O)[C@@H](CC)N(Cc1ccc(Cl)c(Cl)c1)C(=O)CCc1cccc2ccccc12. The monoisotopic (exact) mass is 498 g/mol. The Bertz CT molecular complexity index is 1130. The molecule has 6 heteroatoms. The fourth-order valence-electron chi connectivity index (χ4n) is 4.16. The first-order valence-corrected chi connectivity index (χ1v) is 12.7. The number of nitrogens with one attached hydrogen (secondary N) is 1. The normalized spacial score (nSPS) is 11.9. The summed E-state index contributed by atoms with van der Waals surface area (Å²) < 4.78 is 0. The first-order valence-electron chi connectivity index (χ1n) is 11.9. The van der Waals surface area contributed by atoms with Gasteiger partial charge in [-0.05, 0) is 53.3 Å². The molecule has 4 nitrogen and oxygen atoms in total. The Kier molecular flexibility index (Phi) is 9.79. The Morgan fingerprint density at radius 1 is 0.971 bits per heavy atom. The minimum Gasteiger partial charge on any atom is -0.354 e. The maximum atomic E-state index is 13.5. The van der Waals surface area contributed by atoms with Crippen molar-refractivity contribution in [1.29, 1.82) is 0 Å². The molecule has 0 unspecified atom stereocenters. The molecule has 0 spiro atoms. The van der Waals surface area contributed by atoms with Gasteiger partial charge in [-0.25, -0.2) is 0 Å². The highest BCUT2D eigenvalue weighted by Crippen LogP contribution is 2.25. The third kappa shape index (κ3) is 6.74. The number of hydrogen-bond acceptors (Lipinski definition) is 2. The van der Waals surface area contributed by atoms with Crippen molar-refractivity contribution in [2.45, 2.75) is 58.5 Å². The van der Waals surface area contributed by atoms with Crippen LogP contribution in [0.2, 0.25) is 10.0 Å². The number of fused-ring (bicyclic) bond motifs is 1. The van der Waals surface area contributed by atoms with Gasteiger partial charge in [0.1, 0.15) is 6.04 Å². The molecule has 1 N–H and O–H groups in total. The van der Waals surface area contributed by atoms with E-state index in [2.05, 4.69) is 36.5 Å². The van der Waals surface area contributed by atoms with Gasteiger partial charge in [0.2, 0.25) is 11.8 Å². The van der Waals surface area contributed by atoms with Crippen LogP contribution in [-0.4, -0.2) is 29.3 Å². The summed E-state index contributed by atoms with van der Waals surface area (Å²) in [4.78, 5) is 28.2. The number of carbonyl (C=O) groups is 2. The Labute approximate surface area is 212 Å². The number of halogens is 2. The van der Waals surface area contributed by atoms with Gasteiger partial charge in [0.05, 0.1) is 10.0 Å². The van der Waals surface area contributed by atoms with E-state index in [-0.39, 0.29) is 11.8 Å². The second-order valence-electron chi connectivity index (χ2n) is 8.48. The lowest BCUT2D eigenvalue weighted by Gasteiger charge is -2.31. The maximum absolute atomic E-state index is 13.5. The molecule has 0 aliphatic heterocycles. The van der Waals surface area contributed by atoms with Gasteiger partial charge in [0.25, 0.3) is 0 Å². The lowest BCUT2D eigenvalue weighted by molar-refractivity contribution is -0.141. The van der Waals surface area contributed by atoms with E-state index in [1.165, 1.54) is 0 Å². The maximum Gasteiger partial charge on any atom is 0.242 e. The summed E-state index contributed by atoms with van der Waals surface area (Å²) in [5.74, 6) is -0.175. The summed E-state index contributed by atoms with van der Waals surface area (Å²) >= 11 is 12.3. The van der Waals surface area contributed by atoms with E-state index in [1.807, 2.05) is 31.2 Å². The van der Waals surface area contributed by atoms with Crippen LogP contribution < -0.4 is 5.32 Å². The van der Waals surface area contributed by atoms with E-state index in [1.54, 1.807) is 17.0 Å². The molecule has 0 fully saturated rings. The van der Waals surface area contributed by atoms with Gasteiger partial charge in [-0.15, -0.1) is 0 Å². The molecule has 0 radical (unpaired) electrons. The van der Waals surface area contributed by atoms with E-state index in [0.717, 1.165) is 34.7 Å². The van der Waals surface area contributed by atoms with Crippen molar-refractivity contribution in [1.82, 2.24) is 10.2 Å². The Morgan fingerprint density at radius 2 is 1.74 bits per heavy atom. The number of hydrogen-bond donors (Lipinski definition) is 1. The van der Waals surface area contributed by atoms with Crippen molar-refractivity contribution >= 4 is 45.8 Å². The van der Waals surface area contributed by atoms with E-state index in [9.17, 15) is 9.59 Å². The van der Waals surface area contributed by atoms with E-state index in [0.29, 0.717) is 42.4 Å². The number of aryl methyl sites for hydroxylation is 1. The molecule has 2 amide bonds. The van der Waals surface area contributed by atoms with Gasteiger partial charge >= 0.3 is 0 Å². The topological polar surface area (TPSA) is 49.4 Å². The minimum absolute atomic E-state index is 0.0588. The summed E-state index contributed by atoms with van der Waals surface area (Å²) in [6.45, 7) is 4.92. The minimum atomic E-state index is -0.550. The second-order valence-corrected chi connectivity index (χ2v) is 9.29. The van der Waals surface area contributed by atoms with Crippen LogP contribution in [0, 0.1) is 0 Å². The zero-order chi connectivity index (χ0) is 24.5. The summed E-state index contributed by atoms with van der Waals surface area (Å²) in [6.07, 6.45) is 3.34. The highest BCUT2D eigenvalue weighted by atomic mass is 35.5. The van der Waals surface area contributed by atoms with Crippen LogP contribution in [0.4, 0.5) is 0 Å². The highest BCUT2D eigenvalue weighted by Gasteiger charge is 2.28. The molecule has 0 aromatic heterocycles.